The second-order valence-corrected chi connectivity index (χ2v) is 3.63. The highest BCUT2D eigenvalue weighted by molar-refractivity contribution is 6.30. The van der Waals surface area contributed by atoms with Gasteiger partial charge in [-0.25, -0.2) is 24.6 Å². The van der Waals surface area contributed by atoms with E-state index in [4.69, 9.17) is 10.5 Å². The van der Waals surface area contributed by atoms with Crippen molar-refractivity contribution in [3.63, 3.8) is 0 Å². The van der Waals surface area contributed by atoms with E-state index in [0.717, 1.165) is 14.2 Å². The van der Waals surface area contributed by atoms with Gasteiger partial charge in [0.25, 0.3) is 0 Å². The van der Waals surface area contributed by atoms with Crippen LogP contribution in [0.3, 0.4) is 0 Å². The van der Waals surface area contributed by atoms with Gasteiger partial charge in [0.2, 0.25) is 0 Å². The molecule has 10 nitrogen and oxygen atoms in total. The Bertz CT molecular complexity index is 519. The third-order valence-electron chi connectivity index (χ3n) is 2.20. The molecule has 0 radical (unpaired) electrons. The Kier molecular flexibility index (Phi) is 7.90. The molecule has 0 heterocycles. The lowest BCUT2D eigenvalue weighted by atomic mass is 10.0. The predicted octanol–water partition coefficient (Wildman–Crippen LogP) is -0.764. The van der Waals surface area contributed by atoms with E-state index in [1.54, 1.807) is 0 Å². The first kappa shape index (κ1) is 19.1. The second-order valence-electron chi connectivity index (χ2n) is 3.63. The number of methoxy groups -OCH3 is 2. The molecule has 0 saturated carbocycles. The van der Waals surface area contributed by atoms with Crippen LogP contribution in [0.15, 0.2) is 16.2 Å². The number of esters is 3. The number of rotatable bonds is 6. The number of hydrogen-bond donors (Lipinski definition) is 2. The Balaban J connectivity index is 6.17. The third-order valence-corrected chi connectivity index (χ3v) is 2.20. The number of nitrogens with zero attached hydrogens (tertiary/aromatic N) is 1. The summed E-state index contributed by atoms with van der Waals surface area (Å²) in [7, 11) is 2.03. The number of nitrogens with two attached hydrogens (primary N) is 1. The van der Waals surface area contributed by atoms with E-state index in [0.29, 0.717) is 0 Å². The Morgan fingerprint density at radius 3 is 1.86 bits per heavy atom. The smallest absolute Gasteiger partial charge is 0.346 e. The second kappa shape index (κ2) is 9.10. The van der Waals surface area contributed by atoms with Crippen LogP contribution >= 0.6 is 0 Å². The van der Waals surface area contributed by atoms with E-state index < -0.39 is 35.1 Å². The van der Waals surface area contributed by atoms with E-state index in [1.165, 1.54) is 13.8 Å². The van der Waals surface area contributed by atoms with Gasteiger partial charge >= 0.3 is 23.9 Å². The van der Waals surface area contributed by atoms with E-state index in [-0.39, 0.29) is 12.3 Å². The number of ether oxygens (including phenoxy) is 3. The fourth-order valence-corrected chi connectivity index (χ4v) is 1.32. The van der Waals surface area contributed by atoms with Crippen molar-refractivity contribution in [1.29, 1.82) is 0 Å². The average molecular weight is 315 g/mol. The highest BCUT2D eigenvalue weighted by Gasteiger charge is 2.31. The summed E-state index contributed by atoms with van der Waals surface area (Å²) in [5.41, 5.74) is 5.31. The highest BCUT2D eigenvalue weighted by Crippen LogP contribution is 2.13. The number of hydrogen-bond acceptors (Lipinski definition) is 8. The minimum Gasteiger partial charge on any atom is -0.465 e. The summed E-state index contributed by atoms with van der Waals surface area (Å²) in [6.45, 7) is 2.77. The van der Waals surface area contributed by atoms with Crippen molar-refractivity contribution >= 4 is 29.7 Å². The van der Waals surface area contributed by atoms with Crippen molar-refractivity contribution in [3.05, 3.63) is 11.1 Å². The van der Waals surface area contributed by atoms with Gasteiger partial charge < -0.3 is 19.9 Å². The normalized spacial score (nSPS) is 10.3. The maximum atomic E-state index is 12.0. The molecular weight excluding hydrogens is 298 g/mol. The summed E-state index contributed by atoms with van der Waals surface area (Å²) in [5.74, 6) is -3.26. The highest BCUT2D eigenvalue weighted by atomic mass is 16.5. The van der Waals surface area contributed by atoms with Gasteiger partial charge in [-0.1, -0.05) is 0 Å². The van der Waals surface area contributed by atoms with Crippen molar-refractivity contribution in [2.75, 3.05) is 20.8 Å². The van der Waals surface area contributed by atoms with Crippen molar-refractivity contribution in [3.8, 4) is 0 Å². The van der Waals surface area contributed by atoms with Gasteiger partial charge in [0.1, 0.15) is 5.57 Å². The molecule has 0 fully saturated rings. The Morgan fingerprint density at radius 1 is 1.00 bits per heavy atom. The molecule has 122 valence electrons. The van der Waals surface area contributed by atoms with Gasteiger partial charge in [-0.05, 0) is 13.8 Å². The minimum absolute atomic E-state index is 0.0194. The molecule has 0 rings (SSSR count). The number of urea groups is 1. The van der Waals surface area contributed by atoms with Crippen LogP contribution in [-0.4, -0.2) is 50.5 Å². The zero-order chi connectivity index (χ0) is 17.3. The summed E-state index contributed by atoms with van der Waals surface area (Å²) >= 11 is 0. The molecular formula is C12H17N3O7. The van der Waals surface area contributed by atoms with Gasteiger partial charge in [0, 0.05) is 0 Å². The van der Waals surface area contributed by atoms with Crippen molar-refractivity contribution in [2.24, 2.45) is 10.8 Å². The van der Waals surface area contributed by atoms with Gasteiger partial charge in [0.15, 0.2) is 5.57 Å². The topological polar surface area (TPSA) is 146 Å². The van der Waals surface area contributed by atoms with E-state index in [1.807, 2.05) is 5.43 Å². The Hall–Kier alpha value is -2.91. The van der Waals surface area contributed by atoms with Gasteiger partial charge in [0.05, 0.1) is 26.5 Å². The molecule has 10 heteroatoms. The van der Waals surface area contributed by atoms with Crippen LogP contribution in [0.25, 0.3) is 0 Å². The molecule has 0 aliphatic carbocycles. The average Bonchev–Trinajstić information content (AvgIpc) is 2.48. The molecule has 0 bridgehead atoms. The number of nitrogens with one attached hydrogen (secondary N) is 1. The standard InChI is InChI=1S/C12H17N3O7/c1-5-22-11(18)7(6(2)14-15-12(13)19)8(9(16)20-3)10(17)21-4/h5H2,1-4H3,(H3,13,15,19)/b14-6+. The Labute approximate surface area is 126 Å². The molecule has 0 aromatic rings. The number of carbonyl (C=O) groups is 4. The summed E-state index contributed by atoms with van der Waals surface area (Å²) in [6.07, 6.45) is 0. The van der Waals surface area contributed by atoms with Crippen LogP contribution in [0.5, 0.6) is 0 Å². The molecule has 0 aromatic carbocycles. The maximum Gasteiger partial charge on any atom is 0.346 e. The molecule has 0 aliphatic rings. The van der Waals surface area contributed by atoms with E-state index in [9.17, 15) is 19.2 Å². The Morgan fingerprint density at radius 2 is 1.50 bits per heavy atom. The van der Waals surface area contributed by atoms with Crippen LogP contribution in [-0.2, 0) is 28.6 Å². The summed E-state index contributed by atoms with van der Waals surface area (Å²) in [4.78, 5) is 46.2. The molecule has 0 spiro atoms. The predicted molar refractivity (Wildman–Crippen MR) is 73.5 cm³/mol. The first-order chi connectivity index (χ1) is 10.3. The minimum atomic E-state index is -1.12. The number of hydrazone groups is 1. The molecule has 3 N–H and O–H groups in total. The molecule has 0 aromatic heterocycles. The fraction of sp³-hybridized carbons (Fsp3) is 0.417. The van der Waals surface area contributed by atoms with E-state index >= 15 is 0 Å². The van der Waals surface area contributed by atoms with Crippen LogP contribution in [0.1, 0.15) is 13.8 Å². The lowest BCUT2D eigenvalue weighted by Gasteiger charge is -2.11. The number of amides is 2. The molecule has 22 heavy (non-hydrogen) atoms. The van der Waals surface area contributed by atoms with Crippen LogP contribution < -0.4 is 11.2 Å². The SMILES string of the molecule is CCOC(=O)C(=C(C(=O)OC)C(=O)OC)/C(C)=N/NC(N)=O. The molecule has 0 saturated heterocycles. The molecule has 2 amide bonds. The van der Waals surface area contributed by atoms with Gasteiger partial charge in [-0.3, -0.25) is 0 Å². The van der Waals surface area contributed by atoms with Crippen molar-refractivity contribution < 1.29 is 33.4 Å². The lowest BCUT2D eigenvalue weighted by Crippen LogP contribution is -2.29. The summed E-state index contributed by atoms with van der Waals surface area (Å²) < 4.78 is 13.7. The van der Waals surface area contributed by atoms with Crippen LogP contribution in [0.4, 0.5) is 4.79 Å². The quantitative estimate of drug-likeness (QED) is 0.124. The maximum absolute atomic E-state index is 12.0. The molecule has 0 atom stereocenters. The third kappa shape index (κ3) is 5.23. The van der Waals surface area contributed by atoms with E-state index in [2.05, 4.69) is 14.6 Å². The first-order valence-corrected chi connectivity index (χ1v) is 5.98. The molecule has 0 unspecified atom stereocenters. The first-order valence-electron chi connectivity index (χ1n) is 5.98. The van der Waals surface area contributed by atoms with Crippen molar-refractivity contribution in [2.45, 2.75) is 13.8 Å². The van der Waals surface area contributed by atoms with Crippen LogP contribution in [0.2, 0.25) is 0 Å². The van der Waals surface area contributed by atoms with Crippen LogP contribution in [0, 0.1) is 0 Å². The monoisotopic (exact) mass is 315 g/mol. The fourth-order valence-electron chi connectivity index (χ4n) is 1.32. The van der Waals surface area contributed by atoms with Gasteiger partial charge in [-0.2, -0.15) is 5.10 Å². The summed E-state index contributed by atoms with van der Waals surface area (Å²) in [6, 6.07) is -1.000. The summed E-state index contributed by atoms with van der Waals surface area (Å²) in [5, 5.41) is 3.50. The molecule has 0 aliphatic heterocycles. The van der Waals surface area contributed by atoms with Gasteiger partial charge in [-0.15, -0.1) is 0 Å². The number of carbonyl (C=O) groups excluding carboxylic acids is 4. The zero-order valence-corrected chi connectivity index (χ0v) is 12.6. The lowest BCUT2D eigenvalue weighted by molar-refractivity contribution is -0.146. The number of primary amides is 1. The largest absolute Gasteiger partial charge is 0.465 e. The van der Waals surface area contributed by atoms with Crippen molar-refractivity contribution in [1.82, 2.24) is 5.43 Å². The zero-order valence-electron chi connectivity index (χ0n) is 12.6.